The second kappa shape index (κ2) is 4.82. The van der Waals surface area contributed by atoms with Gasteiger partial charge in [-0.25, -0.2) is 0 Å². The fourth-order valence-electron chi connectivity index (χ4n) is 1.49. The van der Waals surface area contributed by atoms with E-state index < -0.39 is 5.38 Å². The number of rotatable bonds is 3. The maximum Gasteiger partial charge on any atom is 0.240 e. The van der Waals surface area contributed by atoms with Gasteiger partial charge in [-0.2, -0.15) is 0 Å². The van der Waals surface area contributed by atoms with Gasteiger partial charge in [0.05, 0.1) is 6.10 Å². The smallest absolute Gasteiger partial charge is 0.240 e. The van der Waals surface area contributed by atoms with Crippen molar-refractivity contribution in [2.45, 2.75) is 31.2 Å². The van der Waals surface area contributed by atoms with Gasteiger partial charge in [-0.1, -0.05) is 0 Å². The van der Waals surface area contributed by atoms with E-state index in [0.717, 1.165) is 19.4 Å². The van der Waals surface area contributed by atoms with Gasteiger partial charge in [0.15, 0.2) is 0 Å². The zero-order chi connectivity index (χ0) is 9.84. The number of carbonyl (C=O) groups is 1. The SMILES string of the molecule is CC(Cl)C(=O)N(C)CC1CCCO1. The van der Waals surface area contributed by atoms with Crippen LogP contribution in [0.25, 0.3) is 0 Å². The summed E-state index contributed by atoms with van der Waals surface area (Å²) in [6.07, 6.45) is 2.36. The highest BCUT2D eigenvalue weighted by Gasteiger charge is 2.21. The molecule has 0 aliphatic carbocycles. The number of hydrogen-bond acceptors (Lipinski definition) is 2. The number of halogens is 1. The molecule has 2 atom stereocenters. The number of likely N-dealkylation sites (N-methyl/N-ethyl adjacent to an activating group) is 1. The van der Waals surface area contributed by atoms with Crippen molar-refractivity contribution in [3.05, 3.63) is 0 Å². The van der Waals surface area contributed by atoms with E-state index in [9.17, 15) is 4.79 Å². The van der Waals surface area contributed by atoms with Crippen LogP contribution in [0, 0.1) is 0 Å². The number of amides is 1. The number of carbonyl (C=O) groups excluding carboxylic acids is 1. The Hall–Kier alpha value is -0.280. The molecule has 1 aliphatic heterocycles. The van der Waals surface area contributed by atoms with Crippen molar-refractivity contribution in [2.75, 3.05) is 20.2 Å². The first-order valence-corrected chi connectivity index (χ1v) is 5.05. The van der Waals surface area contributed by atoms with Crippen LogP contribution in [0.3, 0.4) is 0 Å². The maximum atomic E-state index is 11.4. The van der Waals surface area contributed by atoms with Gasteiger partial charge in [0.1, 0.15) is 5.38 Å². The summed E-state index contributed by atoms with van der Waals surface area (Å²) < 4.78 is 5.42. The van der Waals surface area contributed by atoms with E-state index >= 15 is 0 Å². The fourth-order valence-corrected chi connectivity index (χ4v) is 1.65. The lowest BCUT2D eigenvalue weighted by Crippen LogP contribution is -2.37. The molecule has 0 spiro atoms. The monoisotopic (exact) mass is 205 g/mol. The summed E-state index contributed by atoms with van der Waals surface area (Å²) in [6, 6.07) is 0. The lowest BCUT2D eigenvalue weighted by atomic mass is 10.2. The Morgan fingerprint density at radius 3 is 2.92 bits per heavy atom. The zero-order valence-corrected chi connectivity index (χ0v) is 8.88. The van der Waals surface area contributed by atoms with Crippen molar-refractivity contribution in [3.8, 4) is 0 Å². The Morgan fingerprint density at radius 2 is 2.46 bits per heavy atom. The molecule has 3 nitrogen and oxygen atoms in total. The van der Waals surface area contributed by atoms with Crippen LogP contribution in [-0.2, 0) is 9.53 Å². The third-order valence-corrected chi connectivity index (χ3v) is 2.40. The second-order valence-electron chi connectivity index (χ2n) is 3.47. The minimum absolute atomic E-state index is 0.0304. The largest absolute Gasteiger partial charge is 0.376 e. The molecule has 0 bridgehead atoms. The summed E-state index contributed by atoms with van der Waals surface area (Å²) in [4.78, 5) is 13.0. The predicted molar refractivity (Wildman–Crippen MR) is 51.9 cm³/mol. The first-order chi connectivity index (χ1) is 6.11. The molecule has 0 aromatic rings. The molecule has 76 valence electrons. The van der Waals surface area contributed by atoms with Gasteiger partial charge in [-0.3, -0.25) is 4.79 Å². The minimum atomic E-state index is -0.439. The first-order valence-electron chi connectivity index (χ1n) is 4.62. The fraction of sp³-hybridized carbons (Fsp3) is 0.889. The molecule has 4 heteroatoms. The van der Waals surface area contributed by atoms with Gasteiger partial charge in [-0.15, -0.1) is 11.6 Å². The highest BCUT2D eigenvalue weighted by atomic mass is 35.5. The summed E-state index contributed by atoms with van der Waals surface area (Å²) >= 11 is 5.68. The second-order valence-corrected chi connectivity index (χ2v) is 4.12. The van der Waals surface area contributed by atoms with Gasteiger partial charge in [0.25, 0.3) is 0 Å². The van der Waals surface area contributed by atoms with E-state index in [1.54, 1.807) is 18.9 Å². The summed E-state index contributed by atoms with van der Waals surface area (Å²) in [5.74, 6) is -0.0304. The molecule has 0 radical (unpaired) electrons. The minimum Gasteiger partial charge on any atom is -0.376 e. The summed E-state index contributed by atoms with van der Waals surface area (Å²) in [5, 5.41) is -0.439. The molecule has 1 heterocycles. The van der Waals surface area contributed by atoms with Crippen LogP contribution in [0.2, 0.25) is 0 Å². The molecule has 0 aromatic heterocycles. The number of hydrogen-bond donors (Lipinski definition) is 0. The normalized spacial score (nSPS) is 24.4. The predicted octanol–water partition coefficient (Wildman–Crippen LogP) is 1.25. The van der Waals surface area contributed by atoms with Crippen molar-refractivity contribution < 1.29 is 9.53 Å². The van der Waals surface area contributed by atoms with E-state index in [1.807, 2.05) is 0 Å². The van der Waals surface area contributed by atoms with Crippen LogP contribution in [-0.4, -0.2) is 42.5 Å². The molecular weight excluding hydrogens is 190 g/mol. The van der Waals surface area contributed by atoms with Crippen molar-refractivity contribution >= 4 is 17.5 Å². The molecule has 1 fully saturated rings. The Balaban J connectivity index is 2.31. The molecule has 1 rings (SSSR count). The van der Waals surface area contributed by atoms with Crippen LogP contribution < -0.4 is 0 Å². The van der Waals surface area contributed by atoms with Gasteiger partial charge in [0, 0.05) is 20.2 Å². The van der Waals surface area contributed by atoms with E-state index in [-0.39, 0.29) is 12.0 Å². The molecule has 0 aromatic carbocycles. The average molecular weight is 206 g/mol. The molecule has 0 N–H and O–H groups in total. The van der Waals surface area contributed by atoms with Gasteiger partial charge in [0.2, 0.25) is 5.91 Å². The van der Waals surface area contributed by atoms with Crippen LogP contribution >= 0.6 is 11.6 Å². The number of alkyl halides is 1. The first kappa shape index (κ1) is 10.8. The Morgan fingerprint density at radius 1 is 1.77 bits per heavy atom. The van der Waals surface area contributed by atoms with E-state index in [2.05, 4.69) is 0 Å². The lowest BCUT2D eigenvalue weighted by Gasteiger charge is -2.21. The van der Waals surface area contributed by atoms with Gasteiger partial charge >= 0.3 is 0 Å². The average Bonchev–Trinajstić information content (AvgIpc) is 2.55. The molecule has 0 saturated carbocycles. The number of ether oxygens (including phenoxy) is 1. The zero-order valence-electron chi connectivity index (χ0n) is 8.12. The summed E-state index contributed by atoms with van der Waals surface area (Å²) in [5.41, 5.74) is 0. The molecular formula is C9H16ClNO2. The van der Waals surface area contributed by atoms with E-state index in [0.29, 0.717) is 6.54 Å². The van der Waals surface area contributed by atoms with E-state index in [4.69, 9.17) is 16.3 Å². The molecule has 1 amide bonds. The Bertz CT molecular complexity index is 178. The van der Waals surface area contributed by atoms with Crippen molar-refractivity contribution in [2.24, 2.45) is 0 Å². The topological polar surface area (TPSA) is 29.5 Å². The third-order valence-electron chi connectivity index (χ3n) is 2.22. The highest BCUT2D eigenvalue weighted by molar-refractivity contribution is 6.30. The quantitative estimate of drug-likeness (QED) is 0.650. The van der Waals surface area contributed by atoms with Crippen LogP contribution in [0.15, 0.2) is 0 Å². The maximum absolute atomic E-state index is 11.4. The van der Waals surface area contributed by atoms with E-state index in [1.165, 1.54) is 0 Å². The van der Waals surface area contributed by atoms with Crippen LogP contribution in [0.4, 0.5) is 0 Å². The van der Waals surface area contributed by atoms with Gasteiger partial charge < -0.3 is 9.64 Å². The van der Waals surface area contributed by atoms with Crippen molar-refractivity contribution in [3.63, 3.8) is 0 Å². The van der Waals surface area contributed by atoms with Crippen LogP contribution in [0.1, 0.15) is 19.8 Å². The molecule has 1 saturated heterocycles. The molecule has 13 heavy (non-hydrogen) atoms. The third kappa shape index (κ3) is 3.16. The Labute approximate surface area is 84.0 Å². The number of nitrogens with zero attached hydrogens (tertiary/aromatic N) is 1. The standard InChI is InChI=1S/C9H16ClNO2/c1-7(10)9(12)11(2)6-8-4-3-5-13-8/h7-8H,3-6H2,1-2H3. The van der Waals surface area contributed by atoms with Crippen LogP contribution in [0.5, 0.6) is 0 Å². The highest BCUT2D eigenvalue weighted by Crippen LogP contribution is 2.13. The van der Waals surface area contributed by atoms with Gasteiger partial charge in [-0.05, 0) is 19.8 Å². The summed E-state index contributed by atoms with van der Waals surface area (Å²) in [6.45, 7) is 3.18. The Kier molecular flexibility index (Phi) is 4.00. The van der Waals surface area contributed by atoms with Crippen molar-refractivity contribution in [1.29, 1.82) is 0 Å². The summed E-state index contributed by atoms with van der Waals surface area (Å²) in [7, 11) is 1.77. The molecule has 2 unspecified atom stereocenters. The molecule has 1 aliphatic rings. The van der Waals surface area contributed by atoms with Crippen molar-refractivity contribution in [1.82, 2.24) is 4.90 Å². The lowest BCUT2D eigenvalue weighted by molar-refractivity contribution is -0.130.